The Hall–Kier alpha value is -2.41. The van der Waals surface area contributed by atoms with Crippen molar-refractivity contribution in [3.63, 3.8) is 0 Å². The molecule has 1 amide bonds. The van der Waals surface area contributed by atoms with Crippen LogP contribution in [-0.2, 0) is 24.2 Å². The van der Waals surface area contributed by atoms with Gasteiger partial charge in [-0.3, -0.25) is 9.69 Å². The van der Waals surface area contributed by atoms with Gasteiger partial charge in [-0.15, -0.1) is 0 Å². The van der Waals surface area contributed by atoms with Crippen LogP contribution in [-0.4, -0.2) is 83.4 Å². The molecule has 11 heteroatoms. The van der Waals surface area contributed by atoms with Crippen LogP contribution >= 0.6 is 11.3 Å². The average molecular weight is 562 g/mol. The second-order valence-corrected chi connectivity index (χ2v) is 12.3. The van der Waals surface area contributed by atoms with Crippen molar-refractivity contribution in [3.05, 3.63) is 53.1 Å². The summed E-state index contributed by atoms with van der Waals surface area (Å²) in [4.78, 5) is 20.4. The van der Waals surface area contributed by atoms with Crippen LogP contribution in [0.25, 0.3) is 10.2 Å². The molecule has 0 spiro atoms. The highest BCUT2D eigenvalue weighted by molar-refractivity contribution is 7.89. The van der Waals surface area contributed by atoms with Crippen LogP contribution in [0.15, 0.2) is 41.3 Å². The Morgan fingerprint density at radius 2 is 1.76 bits per heavy atom. The van der Waals surface area contributed by atoms with Crippen molar-refractivity contribution in [2.75, 3.05) is 58.6 Å². The second kappa shape index (κ2) is 12.6. The lowest BCUT2D eigenvalue weighted by Crippen LogP contribution is -2.38. The lowest BCUT2D eigenvalue weighted by atomic mass is 10.1. The molecular weight excluding hydrogens is 526 g/mol. The van der Waals surface area contributed by atoms with E-state index in [1.54, 1.807) is 17.0 Å². The molecule has 206 valence electrons. The number of amides is 1. The van der Waals surface area contributed by atoms with E-state index in [-0.39, 0.29) is 43.2 Å². The molecule has 1 aromatic heterocycles. The maximum Gasteiger partial charge on any atom is 0.260 e. The van der Waals surface area contributed by atoms with Crippen molar-refractivity contribution in [3.8, 4) is 0 Å². The van der Waals surface area contributed by atoms with Gasteiger partial charge in [0.05, 0.1) is 41.0 Å². The van der Waals surface area contributed by atoms with Crippen molar-refractivity contribution in [2.24, 2.45) is 0 Å². The van der Waals surface area contributed by atoms with Crippen LogP contribution in [0.4, 0.5) is 5.13 Å². The van der Waals surface area contributed by atoms with Gasteiger partial charge in [0.15, 0.2) is 5.13 Å². The molecule has 1 fully saturated rings. The number of ether oxygens (including phenoxy) is 3. The topological polar surface area (TPSA) is 98.3 Å². The number of hydrogen-bond acceptors (Lipinski definition) is 8. The fourth-order valence-corrected chi connectivity index (χ4v) is 6.82. The number of hydrogen-bond donors (Lipinski definition) is 0. The first kappa shape index (κ1) is 28.6. The number of carbonyl (C=O) groups excluding carboxylic acids is 1. The van der Waals surface area contributed by atoms with Crippen LogP contribution in [0.2, 0.25) is 0 Å². The first-order chi connectivity index (χ1) is 18.3. The number of carbonyl (C=O) groups is 1. The zero-order valence-electron chi connectivity index (χ0n) is 22.3. The molecule has 2 aromatic carbocycles. The largest absolute Gasteiger partial charge is 0.383 e. The number of thiazole rings is 1. The fraction of sp³-hybridized carbons (Fsp3) is 0.481. The van der Waals surface area contributed by atoms with Crippen LogP contribution in [0.5, 0.6) is 0 Å². The van der Waals surface area contributed by atoms with E-state index < -0.39 is 10.0 Å². The van der Waals surface area contributed by atoms with Crippen LogP contribution in [0.1, 0.15) is 34.3 Å². The predicted molar refractivity (Wildman–Crippen MR) is 149 cm³/mol. The predicted octanol–water partition coefficient (Wildman–Crippen LogP) is 4.02. The summed E-state index contributed by atoms with van der Waals surface area (Å²) >= 11 is 1.47. The van der Waals surface area contributed by atoms with E-state index in [0.29, 0.717) is 23.8 Å². The van der Waals surface area contributed by atoms with E-state index in [1.807, 2.05) is 19.9 Å². The minimum atomic E-state index is -3.79. The Labute approximate surface area is 228 Å². The monoisotopic (exact) mass is 561 g/mol. The molecule has 3 aromatic rings. The number of fused-ring (bicyclic) bond motifs is 1. The minimum Gasteiger partial charge on any atom is -0.383 e. The maximum absolute atomic E-state index is 13.8. The summed E-state index contributed by atoms with van der Waals surface area (Å²) in [5.74, 6) is -0.242. The molecule has 1 atom stereocenters. The summed E-state index contributed by atoms with van der Waals surface area (Å²) < 4.78 is 44.9. The maximum atomic E-state index is 13.8. The van der Waals surface area contributed by atoms with Crippen molar-refractivity contribution >= 4 is 42.6 Å². The number of rotatable bonds is 12. The molecule has 1 saturated heterocycles. The summed E-state index contributed by atoms with van der Waals surface area (Å²) in [5, 5.41) is 0.608. The molecule has 0 saturated carbocycles. The van der Waals surface area contributed by atoms with Gasteiger partial charge in [-0.1, -0.05) is 17.4 Å². The number of benzene rings is 2. The highest BCUT2D eigenvalue weighted by Gasteiger charge is 2.29. The molecule has 0 aliphatic carbocycles. The SMILES string of the molecule is COCCN(CCOC)S(=O)(=O)c1ccc(C(=O)N(CC2CCCO2)c2nc3c(C)c(C)ccc3s2)cc1. The van der Waals surface area contributed by atoms with Crippen LogP contribution in [0, 0.1) is 13.8 Å². The molecule has 1 aliphatic heterocycles. The molecular formula is C27H35N3O6S2. The third kappa shape index (κ3) is 6.24. The Kier molecular flexibility index (Phi) is 9.50. The second-order valence-electron chi connectivity index (χ2n) is 9.32. The minimum absolute atomic E-state index is 0.0661. The van der Waals surface area contributed by atoms with E-state index in [9.17, 15) is 13.2 Å². The molecule has 1 unspecified atom stereocenters. The number of sulfonamides is 1. The zero-order chi connectivity index (χ0) is 27.3. The van der Waals surface area contributed by atoms with E-state index in [1.165, 1.54) is 42.0 Å². The van der Waals surface area contributed by atoms with Gasteiger partial charge in [0, 0.05) is 39.5 Å². The van der Waals surface area contributed by atoms with Crippen LogP contribution < -0.4 is 4.90 Å². The molecule has 38 heavy (non-hydrogen) atoms. The highest BCUT2D eigenvalue weighted by Crippen LogP contribution is 2.33. The van der Waals surface area contributed by atoms with Gasteiger partial charge in [-0.2, -0.15) is 4.31 Å². The van der Waals surface area contributed by atoms with Crippen molar-refractivity contribution < 1.29 is 27.4 Å². The van der Waals surface area contributed by atoms with Crippen molar-refractivity contribution in [1.29, 1.82) is 0 Å². The highest BCUT2D eigenvalue weighted by atomic mass is 32.2. The van der Waals surface area contributed by atoms with Crippen molar-refractivity contribution in [2.45, 2.75) is 37.7 Å². The smallest absolute Gasteiger partial charge is 0.260 e. The third-order valence-corrected chi connectivity index (χ3v) is 9.74. The normalized spacial score (nSPS) is 16.0. The van der Waals surface area contributed by atoms with Gasteiger partial charge < -0.3 is 14.2 Å². The number of aromatic nitrogens is 1. The summed E-state index contributed by atoms with van der Waals surface area (Å²) in [6.07, 6.45) is 1.77. The Balaban J connectivity index is 1.63. The van der Waals surface area contributed by atoms with E-state index in [2.05, 4.69) is 6.07 Å². The van der Waals surface area contributed by atoms with E-state index in [0.717, 1.165) is 34.2 Å². The van der Waals surface area contributed by atoms with E-state index >= 15 is 0 Å². The lowest BCUT2D eigenvalue weighted by Gasteiger charge is -2.24. The van der Waals surface area contributed by atoms with Gasteiger partial charge in [-0.25, -0.2) is 13.4 Å². The molecule has 9 nitrogen and oxygen atoms in total. The van der Waals surface area contributed by atoms with Crippen LogP contribution in [0.3, 0.4) is 0 Å². The molecule has 0 radical (unpaired) electrons. The van der Waals surface area contributed by atoms with Gasteiger partial charge in [0.2, 0.25) is 10.0 Å². The van der Waals surface area contributed by atoms with Gasteiger partial charge >= 0.3 is 0 Å². The van der Waals surface area contributed by atoms with E-state index in [4.69, 9.17) is 19.2 Å². The molecule has 0 N–H and O–H groups in total. The summed E-state index contributed by atoms with van der Waals surface area (Å²) in [6.45, 7) is 6.08. The summed E-state index contributed by atoms with van der Waals surface area (Å²) in [7, 11) is -0.736. The standard InChI is InChI=1S/C27H35N3O6S2/c1-19-7-12-24-25(20(19)2)28-27(37-24)30(18-22-6-5-15-36-22)26(31)21-8-10-23(11-9-21)38(32,33)29(13-16-34-3)14-17-35-4/h7-12,22H,5-6,13-18H2,1-4H3. The Bertz CT molecular complexity index is 1340. The molecule has 1 aliphatic rings. The zero-order valence-corrected chi connectivity index (χ0v) is 23.9. The molecule has 4 rings (SSSR count). The van der Waals surface area contributed by atoms with Gasteiger partial charge in [0.25, 0.3) is 5.91 Å². The first-order valence-electron chi connectivity index (χ1n) is 12.6. The number of aryl methyl sites for hydroxylation is 2. The first-order valence-corrected chi connectivity index (χ1v) is 14.9. The summed E-state index contributed by atoms with van der Waals surface area (Å²) in [6, 6.07) is 10.2. The quantitative estimate of drug-likeness (QED) is 0.329. The molecule has 0 bridgehead atoms. The van der Waals surface area contributed by atoms with Gasteiger partial charge in [-0.05, 0) is 68.1 Å². The Morgan fingerprint density at radius 1 is 1.08 bits per heavy atom. The van der Waals surface area contributed by atoms with Gasteiger partial charge in [0.1, 0.15) is 0 Å². The lowest BCUT2D eigenvalue weighted by molar-refractivity contribution is 0.0917. The number of anilines is 1. The summed E-state index contributed by atoms with van der Waals surface area (Å²) in [5.41, 5.74) is 3.52. The molecule has 2 heterocycles. The number of methoxy groups -OCH3 is 2. The third-order valence-electron chi connectivity index (χ3n) is 6.79. The van der Waals surface area contributed by atoms with Crippen molar-refractivity contribution in [1.82, 2.24) is 9.29 Å². The fourth-order valence-electron chi connectivity index (χ4n) is 4.38. The average Bonchev–Trinajstić information content (AvgIpc) is 3.59. The number of nitrogens with zero attached hydrogens (tertiary/aromatic N) is 3. The Morgan fingerprint density at radius 3 is 2.37 bits per heavy atom.